The molecule has 0 spiro atoms. The van der Waals surface area contributed by atoms with Crippen molar-refractivity contribution in [3.05, 3.63) is 69.5 Å². The lowest BCUT2D eigenvalue weighted by molar-refractivity contribution is 0.0504. The van der Waals surface area contributed by atoms with Crippen molar-refractivity contribution in [1.82, 2.24) is 19.9 Å². The zero-order valence-corrected chi connectivity index (χ0v) is 24.1. The Hall–Kier alpha value is -3.83. The number of hydrogen-bond acceptors (Lipinski definition) is 9. The number of ether oxygens (including phenoxy) is 2. The number of esters is 1. The Morgan fingerprint density at radius 3 is 2.52 bits per heavy atom. The van der Waals surface area contributed by atoms with E-state index in [9.17, 15) is 14.0 Å². The highest BCUT2D eigenvalue weighted by atomic mass is 35.5. The van der Waals surface area contributed by atoms with Crippen LogP contribution in [0.3, 0.4) is 0 Å². The summed E-state index contributed by atoms with van der Waals surface area (Å²) in [5, 5.41) is 3.03. The van der Waals surface area contributed by atoms with Gasteiger partial charge < -0.3 is 24.6 Å². The fourth-order valence-corrected chi connectivity index (χ4v) is 4.95. The van der Waals surface area contributed by atoms with Crippen LogP contribution in [0.25, 0.3) is 0 Å². The molecule has 12 heteroatoms. The average Bonchev–Trinajstić information content (AvgIpc) is 2.90. The first-order valence-corrected chi connectivity index (χ1v) is 13.0. The number of methoxy groups -OCH3 is 2. The molecule has 3 aromatic rings. The van der Waals surface area contributed by atoms with Crippen LogP contribution in [0.15, 0.2) is 30.5 Å². The standard InChI is InChI=1S/C28H32ClFN6O4/c1-16-11-23(32-17(2)24(16)27(38)40-6)35-9-10-36(28(3,4)15-35)26(37)21-13-31-25(22(34-21)14-39-5)33-18-7-8-19(29)20(30)12-18/h7-8,11-13H,9-10,14-15H2,1-6H3,(H,31,33). The molecule has 1 aliphatic heterocycles. The summed E-state index contributed by atoms with van der Waals surface area (Å²) in [4.78, 5) is 43.3. The number of nitrogens with zero attached hydrogens (tertiary/aromatic N) is 5. The van der Waals surface area contributed by atoms with Crippen LogP contribution in [0.5, 0.6) is 0 Å². The van der Waals surface area contributed by atoms with Crippen molar-refractivity contribution in [1.29, 1.82) is 0 Å². The number of aryl methyl sites for hydroxylation is 2. The maximum Gasteiger partial charge on any atom is 0.339 e. The summed E-state index contributed by atoms with van der Waals surface area (Å²) in [5.74, 6) is -0.170. The highest BCUT2D eigenvalue weighted by Gasteiger charge is 2.38. The fraction of sp³-hybridized carbons (Fsp3) is 0.393. The molecular formula is C28H32ClFN6O4. The Morgan fingerprint density at radius 1 is 1.15 bits per heavy atom. The van der Waals surface area contributed by atoms with Crippen LogP contribution in [0, 0.1) is 19.7 Å². The van der Waals surface area contributed by atoms with Crippen molar-refractivity contribution in [2.45, 2.75) is 39.8 Å². The number of piperazine rings is 1. The molecule has 1 amide bonds. The number of amides is 1. The van der Waals surface area contributed by atoms with Crippen molar-refractivity contribution in [3.63, 3.8) is 0 Å². The molecule has 0 radical (unpaired) electrons. The zero-order chi connectivity index (χ0) is 29.2. The van der Waals surface area contributed by atoms with Gasteiger partial charge in [-0.25, -0.2) is 24.1 Å². The molecule has 2 aromatic heterocycles. The number of carbonyl (C=O) groups is 2. The van der Waals surface area contributed by atoms with Crippen LogP contribution in [0.4, 0.5) is 21.7 Å². The van der Waals surface area contributed by atoms with Crippen molar-refractivity contribution in [2.75, 3.05) is 44.1 Å². The number of hydrogen-bond donors (Lipinski definition) is 1. The molecule has 0 bridgehead atoms. The lowest BCUT2D eigenvalue weighted by Gasteiger charge is -2.47. The van der Waals surface area contributed by atoms with Crippen LogP contribution in [0.2, 0.25) is 5.02 Å². The first-order valence-electron chi connectivity index (χ1n) is 12.7. The number of aromatic nitrogens is 3. The number of carbonyl (C=O) groups excluding carboxylic acids is 2. The van der Waals surface area contributed by atoms with Gasteiger partial charge in [-0.2, -0.15) is 0 Å². The molecule has 1 saturated heterocycles. The largest absolute Gasteiger partial charge is 0.465 e. The zero-order valence-electron chi connectivity index (χ0n) is 23.3. The molecule has 1 N–H and O–H groups in total. The molecule has 3 heterocycles. The van der Waals surface area contributed by atoms with Crippen molar-refractivity contribution >= 4 is 40.8 Å². The predicted octanol–water partition coefficient (Wildman–Crippen LogP) is 4.70. The van der Waals surface area contributed by atoms with E-state index in [2.05, 4.69) is 25.2 Å². The number of rotatable bonds is 7. The lowest BCUT2D eigenvalue weighted by atomic mass is 9.97. The van der Waals surface area contributed by atoms with Crippen LogP contribution in [-0.2, 0) is 16.1 Å². The van der Waals surface area contributed by atoms with Gasteiger partial charge in [0.25, 0.3) is 5.91 Å². The van der Waals surface area contributed by atoms with Gasteiger partial charge in [-0.3, -0.25) is 4.79 Å². The molecule has 0 unspecified atom stereocenters. The van der Waals surface area contributed by atoms with Crippen molar-refractivity contribution in [3.8, 4) is 0 Å². The van der Waals surface area contributed by atoms with E-state index in [1.165, 1.54) is 32.5 Å². The first-order chi connectivity index (χ1) is 18.9. The van der Waals surface area contributed by atoms with E-state index in [-0.39, 0.29) is 23.2 Å². The molecule has 1 fully saturated rings. The summed E-state index contributed by atoms with van der Waals surface area (Å²) in [6.45, 7) is 9.17. The molecule has 0 atom stereocenters. The molecule has 0 aliphatic carbocycles. The van der Waals surface area contributed by atoms with E-state index in [0.717, 1.165) is 11.4 Å². The normalized spacial score (nSPS) is 14.7. The van der Waals surface area contributed by atoms with E-state index >= 15 is 0 Å². The molecular weight excluding hydrogens is 539 g/mol. The SMILES string of the molecule is COCc1nc(C(=O)N2CCN(c3cc(C)c(C(=O)OC)c(C)n3)CC2(C)C)cnc1Nc1ccc(Cl)c(F)c1. The molecule has 1 aliphatic rings. The maximum absolute atomic E-state index is 13.9. The van der Waals surface area contributed by atoms with Gasteiger partial charge in [0.2, 0.25) is 0 Å². The minimum absolute atomic E-state index is 0.0108. The minimum atomic E-state index is -0.569. The van der Waals surface area contributed by atoms with Gasteiger partial charge in [-0.1, -0.05) is 11.6 Å². The second-order valence-corrected chi connectivity index (χ2v) is 10.6. The van der Waals surface area contributed by atoms with E-state index in [1.54, 1.807) is 17.9 Å². The molecule has 40 heavy (non-hydrogen) atoms. The Balaban J connectivity index is 1.54. The van der Waals surface area contributed by atoms with E-state index in [1.807, 2.05) is 26.8 Å². The first kappa shape index (κ1) is 29.2. The second-order valence-electron chi connectivity index (χ2n) is 10.2. The fourth-order valence-electron chi connectivity index (χ4n) is 4.83. The van der Waals surface area contributed by atoms with E-state index in [0.29, 0.717) is 48.1 Å². The quantitative estimate of drug-likeness (QED) is 0.404. The predicted molar refractivity (Wildman–Crippen MR) is 150 cm³/mol. The monoisotopic (exact) mass is 570 g/mol. The number of benzene rings is 1. The lowest BCUT2D eigenvalue weighted by Crippen LogP contribution is -2.61. The summed E-state index contributed by atoms with van der Waals surface area (Å²) in [5.41, 5.74) is 2.28. The Labute approximate surface area is 237 Å². The third-order valence-electron chi connectivity index (χ3n) is 6.77. The molecule has 10 nitrogen and oxygen atoms in total. The van der Waals surface area contributed by atoms with Gasteiger partial charge >= 0.3 is 5.97 Å². The summed E-state index contributed by atoms with van der Waals surface area (Å²) >= 11 is 5.78. The number of nitrogens with one attached hydrogen (secondary N) is 1. The second kappa shape index (κ2) is 11.7. The van der Waals surface area contributed by atoms with Gasteiger partial charge in [0.1, 0.15) is 23.0 Å². The minimum Gasteiger partial charge on any atom is -0.465 e. The summed E-state index contributed by atoms with van der Waals surface area (Å²) in [6.07, 6.45) is 1.40. The Kier molecular flexibility index (Phi) is 8.55. The van der Waals surface area contributed by atoms with Crippen LogP contribution >= 0.6 is 11.6 Å². The Morgan fingerprint density at radius 2 is 1.90 bits per heavy atom. The maximum atomic E-state index is 13.9. The third kappa shape index (κ3) is 6.00. The number of pyridine rings is 1. The van der Waals surface area contributed by atoms with Gasteiger partial charge in [-0.15, -0.1) is 0 Å². The topological polar surface area (TPSA) is 110 Å². The smallest absolute Gasteiger partial charge is 0.339 e. The van der Waals surface area contributed by atoms with Gasteiger partial charge in [0.05, 0.1) is 41.7 Å². The Bertz CT molecular complexity index is 1430. The molecule has 0 saturated carbocycles. The van der Waals surface area contributed by atoms with E-state index in [4.69, 9.17) is 21.1 Å². The van der Waals surface area contributed by atoms with Gasteiger partial charge in [0, 0.05) is 32.4 Å². The van der Waals surface area contributed by atoms with Crippen LogP contribution in [0.1, 0.15) is 51.6 Å². The molecule has 212 valence electrons. The molecule has 1 aromatic carbocycles. The van der Waals surface area contributed by atoms with Crippen molar-refractivity contribution < 1.29 is 23.5 Å². The summed E-state index contributed by atoms with van der Waals surface area (Å²) < 4.78 is 24.1. The summed E-state index contributed by atoms with van der Waals surface area (Å²) in [7, 11) is 2.86. The highest BCUT2D eigenvalue weighted by molar-refractivity contribution is 6.30. The number of halogens is 2. The molecule has 4 rings (SSSR count). The van der Waals surface area contributed by atoms with Gasteiger partial charge in [0.15, 0.2) is 5.82 Å². The third-order valence-corrected chi connectivity index (χ3v) is 7.08. The van der Waals surface area contributed by atoms with Crippen LogP contribution in [-0.4, -0.2) is 71.1 Å². The highest BCUT2D eigenvalue weighted by Crippen LogP contribution is 2.29. The summed E-state index contributed by atoms with van der Waals surface area (Å²) in [6, 6.07) is 6.18. The van der Waals surface area contributed by atoms with Crippen molar-refractivity contribution in [2.24, 2.45) is 0 Å². The number of anilines is 3. The van der Waals surface area contributed by atoms with Crippen LogP contribution < -0.4 is 10.2 Å². The van der Waals surface area contributed by atoms with Gasteiger partial charge in [-0.05, 0) is 57.5 Å². The van der Waals surface area contributed by atoms with E-state index < -0.39 is 17.3 Å². The average molecular weight is 571 g/mol.